The first-order valence-electron chi connectivity index (χ1n) is 5.76. The maximum atomic E-state index is 11.7. The first kappa shape index (κ1) is 13.0. The van der Waals surface area contributed by atoms with Crippen LogP contribution < -0.4 is 5.32 Å². The predicted molar refractivity (Wildman–Crippen MR) is 59.7 cm³/mol. The fourth-order valence-corrected chi connectivity index (χ4v) is 2.02. The number of likely N-dealkylation sites (tertiary alicyclic amines) is 1. The summed E-state index contributed by atoms with van der Waals surface area (Å²) in [6.45, 7) is 3.14. The van der Waals surface area contributed by atoms with Crippen LogP contribution in [0.15, 0.2) is 0 Å². The Bertz CT molecular complexity index is 254. The van der Waals surface area contributed by atoms with E-state index in [0.29, 0.717) is 12.5 Å². The second-order valence-electron chi connectivity index (χ2n) is 4.27. The predicted octanol–water partition coefficient (Wildman–Crippen LogP) is -0.257. The van der Waals surface area contributed by atoms with Crippen molar-refractivity contribution in [3.8, 4) is 0 Å². The summed E-state index contributed by atoms with van der Waals surface area (Å²) >= 11 is 0. The summed E-state index contributed by atoms with van der Waals surface area (Å²) in [5, 5.41) is 11.4. The Labute approximate surface area is 95.8 Å². The van der Waals surface area contributed by atoms with Gasteiger partial charge < -0.3 is 15.3 Å². The van der Waals surface area contributed by atoms with Crippen LogP contribution in [0.4, 0.5) is 0 Å². The van der Waals surface area contributed by atoms with E-state index in [1.807, 2.05) is 0 Å². The van der Waals surface area contributed by atoms with Gasteiger partial charge in [0.05, 0.1) is 6.54 Å². The molecule has 1 fully saturated rings. The molecule has 1 aliphatic heterocycles. The maximum absolute atomic E-state index is 11.7. The van der Waals surface area contributed by atoms with Gasteiger partial charge in [-0.15, -0.1) is 0 Å². The molecule has 1 atom stereocenters. The third kappa shape index (κ3) is 4.18. The summed E-state index contributed by atoms with van der Waals surface area (Å²) in [5.41, 5.74) is 0. The van der Waals surface area contributed by atoms with Gasteiger partial charge in [-0.1, -0.05) is 0 Å². The van der Waals surface area contributed by atoms with Gasteiger partial charge in [0.25, 0.3) is 0 Å². The molecule has 5 heteroatoms. The topological polar surface area (TPSA) is 69.6 Å². The minimum Gasteiger partial charge on any atom is -0.396 e. The Morgan fingerprint density at radius 3 is 2.88 bits per heavy atom. The van der Waals surface area contributed by atoms with Crippen molar-refractivity contribution >= 4 is 11.8 Å². The number of piperidine rings is 1. The zero-order valence-corrected chi connectivity index (χ0v) is 9.74. The van der Waals surface area contributed by atoms with Crippen LogP contribution in [0.3, 0.4) is 0 Å². The minimum atomic E-state index is -0.183. The monoisotopic (exact) mass is 228 g/mol. The van der Waals surface area contributed by atoms with Crippen molar-refractivity contribution in [2.24, 2.45) is 5.92 Å². The van der Waals surface area contributed by atoms with Gasteiger partial charge in [-0.25, -0.2) is 0 Å². The van der Waals surface area contributed by atoms with E-state index in [1.165, 1.54) is 6.92 Å². The van der Waals surface area contributed by atoms with Crippen molar-refractivity contribution in [3.05, 3.63) is 0 Å². The Morgan fingerprint density at radius 2 is 2.25 bits per heavy atom. The number of aliphatic hydroxyl groups excluding tert-OH is 1. The van der Waals surface area contributed by atoms with E-state index in [-0.39, 0.29) is 25.0 Å². The number of carbonyl (C=O) groups is 2. The first-order chi connectivity index (χ1) is 7.63. The second-order valence-corrected chi connectivity index (χ2v) is 4.27. The summed E-state index contributed by atoms with van der Waals surface area (Å²) < 4.78 is 0. The molecule has 92 valence electrons. The van der Waals surface area contributed by atoms with Crippen molar-refractivity contribution in [2.75, 3.05) is 26.2 Å². The van der Waals surface area contributed by atoms with Gasteiger partial charge in [-0.05, 0) is 25.2 Å². The van der Waals surface area contributed by atoms with E-state index >= 15 is 0 Å². The van der Waals surface area contributed by atoms with Crippen LogP contribution in [-0.2, 0) is 9.59 Å². The lowest BCUT2D eigenvalue weighted by atomic mass is 9.95. The van der Waals surface area contributed by atoms with Gasteiger partial charge in [0.15, 0.2) is 0 Å². The fraction of sp³-hybridized carbons (Fsp3) is 0.818. The van der Waals surface area contributed by atoms with E-state index < -0.39 is 0 Å². The van der Waals surface area contributed by atoms with Crippen LogP contribution in [0.5, 0.6) is 0 Å². The van der Waals surface area contributed by atoms with E-state index in [4.69, 9.17) is 5.11 Å². The van der Waals surface area contributed by atoms with Gasteiger partial charge in [0, 0.05) is 26.6 Å². The van der Waals surface area contributed by atoms with Crippen molar-refractivity contribution in [2.45, 2.75) is 26.2 Å². The smallest absolute Gasteiger partial charge is 0.241 e. The Balaban J connectivity index is 2.34. The first-order valence-corrected chi connectivity index (χ1v) is 5.76. The van der Waals surface area contributed by atoms with Crippen LogP contribution in [-0.4, -0.2) is 48.1 Å². The van der Waals surface area contributed by atoms with Crippen LogP contribution in [0.2, 0.25) is 0 Å². The SMILES string of the molecule is CC(=O)NCC(=O)N1CCCC(CCO)C1. The molecule has 5 nitrogen and oxygen atoms in total. The lowest BCUT2D eigenvalue weighted by Gasteiger charge is -2.32. The number of aliphatic hydroxyl groups is 1. The van der Waals surface area contributed by atoms with Crippen molar-refractivity contribution < 1.29 is 14.7 Å². The molecule has 0 aromatic carbocycles. The molecule has 0 aromatic heterocycles. The second kappa shape index (κ2) is 6.48. The normalized spacial score (nSPS) is 20.6. The number of hydrogen-bond acceptors (Lipinski definition) is 3. The van der Waals surface area contributed by atoms with Crippen LogP contribution in [0.1, 0.15) is 26.2 Å². The number of rotatable bonds is 4. The van der Waals surface area contributed by atoms with Gasteiger partial charge in [0.1, 0.15) is 0 Å². The quantitative estimate of drug-likeness (QED) is 0.696. The standard InChI is InChI=1S/C11H20N2O3/c1-9(15)12-7-11(16)13-5-2-3-10(8-13)4-6-14/h10,14H,2-8H2,1H3,(H,12,15). The fourth-order valence-electron chi connectivity index (χ4n) is 2.02. The molecule has 1 heterocycles. The van der Waals surface area contributed by atoms with Gasteiger partial charge in [0.2, 0.25) is 11.8 Å². The summed E-state index contributed by atoms with van der Waals surface area (Å²) in [7, 11) is 0. The number of nitrogens with zero attached hydrogens (tertiary/aromatic N) is 1. The molecule has 1 unspecified atom stereocenters. The highest BCUT2D eigenvalue weighted by atomic mass is 16.3. The molecule has 0 radical (unpaired) electrons. The van der Waals surface area contributed by atoms with Crippen molar-refractivity contribution in [1.29, 1.82) is 0 Å². The van der Waals surface area contributed by atoms with Crippen LogP contribution in [0, 0.1) is 5.92 Å². The van der Waals surface area contributed by atoms with Crippen molar-refractivity contribution in [1.82, 2.24) is 10.2 Å². The molecule has 0 spiro atoms. The molecular weight excluding hydrogens is 208 g/mol. The average Bonchev–Trinajstić information content (AvgIpc) is 2.26. The highest BCUT2D eigenvalue weighted by Gasteiger charge is 2.22. The van der Waals surface area contributed by atoms with Gasteiger partial charge in [-0.2, -0.15) is 0 Å². The molecule has 2 amide bonds. The maximum Gasteiger partial charge on any atom is 0.241 e. The van der Waals surface area contributed by atoms with Gasteiger partial charge >= 0.3 is 0 Å². The minimum absolute atomic E-state index is 0.0298. The summed E-state index contributed by atoms with van der Waals surface area (Å²) in [4.78, 5) is 24.2. The summed E-state index contributed by atoms with van der Waals surface area (Å²) in [5.74, 6) is 0.190. The number of nitrogens with one attached hydrogen (secondary N) is 1. The van der Waals surface area contributed by atoms with Crippen LogP contribution >= 0.6 is 0 Å². The Hall–Kier alpha value is -1.10. The van der Waals surface area contributed by atoms with Crippen molar-refractivity contribution in [3.63, 3.8) is 0 Å². The molecule has 0 aromatic rings. The molecule has 0 bridgehead atoms. The van der Waals surface area contributed by atoms with E-state index in [0.717, 1.165) is 25.8 Å². The molecule has 2 N–H and O–H groups in total. The molecule has 1 rings (SSSR count). The van der Waals surface area contributed by atoms with Crippen LogP contribution in [0.25, 0.3) is 0 Å². The molecule has 1 saturated heterocycles. The zero-order chi connectivity index (χ0) is 12.0. The lowest BCUT2D eigenvalue weighted by molar-refractivity contribution is -0.134. The number of amides is 2. The third-order valence-corrected chi connectivity index (χ3v) is 2.90. The molecule has 0 saturated carbocycles. The Morgan fingerprint density at radius 1 is 1.50 bits per heavy atom. The van der Waals surface area contributed by atoms with Gasteiger partial charge in [-0.3, -0.25) is 9.59 Å². The largest absolute Gasteiger partial charge is 0.396 e. The summed E-state index contributed by atoms with van der Waals surface area (Å²) in [6.07, 6.45) is 2.81. The van der Waals surface area contributed by atoms with E-state index in [2.05, 4.69) is 5.32 Å². The summed E-state index contributed by atoms with van der Waals surface area (Å²) in [6, 6.07) is 0. The average molecular weight is 228 g/mol. The lowest BCUT2D eigenvalue weighted by Crippen LogP contribution is -2.44. The van der Waals surface area contributed by atoms with E-state index in [9.17, 15) is 9.59 Å². The highest BCUT2D eigenvalue weighted by Crippen LogP contribution is 2.18. The molecule has 0 aliphatic carbocycles. The Kier molecular flexibility index (Phi) is 5.25. The third-order valence-electron chi connectivity index (χ3n) is 2.90. The zero-order valence-electron chi connectivity index (χ0n) is 9.74. The molecule has 1 aliphatic rings. The van der Waals surface area contributed by atoms with E-state index in [1.54, 1.807) is 4.90 Å². The molecular formula is C11H20N2O3. The number of hydrogen-bond donors (Lipinski definition) is 2. The molecule has 16 heavy (non-hydrogen) atoms. The highest BCUT2D eigenvalue weighted by molar-refractivity contribution is 5.83. The number of carbonyl (C=O) groups excluding carboxylic acids is 2.